The minimum atomic E-state index is -0.181. The summed E-state index contributed by atoms with van der Waals surface area (Å²) in [4.78, 5) is 11.8. The molecule has 4 N–H and O–H groups in total. The van der Waals surface area contributed by atoms with Crippen LogP contribution in [0.5, 0.6) is 0 Å². The van der Waals surface area contributed by atoms with Crippen molar-refractivity contribution < 1.29 is 4.79 Å². The van der Waals surface area contributed by atoms with E-state index < -0.39 is 0 Å². The first-order valence-corrected chi connectivity index (χ1v) is 4.89. The Morgan fingerprint density at radius 2 is 2.31 bits per heavy atom. The van der Waals surface area contributed by atoms with Crippen LogP contribution in [0.15, 0.2) is 36.5 Å². The van der Waals surface area contributed by atoms with Gasteiger partial charge in [-0.2, -0.15) is 5.10 Å². The van der Waals surface area contributed by atoms with Crippen molar-refractivity contribution in [2.45, 2.75) is 6.54 Å². The van der Waals surface area contributed by atoms with Gasteiger partial charge in [0.1, 0.15) is 5.82 Å². The molecule has 1 heterocycles. The summed E-state index contributed by atoms with van der Waals surface area (Å²) >= 11 is 0. The maximum Gasteiger partial charge on any atom is 0.256 e. The standard InChI is InChI=1S/C11H12N4O/c12-7-8-2-1-3-9(6-8)11(16)14-10-4-5-13-15-10/h1-6H,7,12H2,(H2,13,14,15,16). The van der Waals surface area contributed by atoms with E-state index in [0.29, 0.717) is 17.9 Å². The Bertz CT molecular complexity index is 478. The fourth-order valence-corrected chi connectivity index (χ4v) is 1.36. The van der Waals surface area contributed by atoms with Crippen LogP contribution in [0.4, 0.5) is 5.82 Å². The second-order valence-electron chi connectivity index (χ2n) is 3.33. The van der Waals surface area contributed by atoms with Crippen LogP contribution in [0.25, 0.3) is 0 Å². The summed E-state index contributed by atoms with van der Waals surface area (Å²) < 4.78 is 0. The summed E-state index contributed by atoms with van der Waals surface area (Å²) in [5.41, 5.74) is 7.02. The maximum absolute atomic E-state index is 11.8. The molecule has 2 aromatic rings. The number of nitrogens with one attached hydrogen (secondary N) is 2. The summed E-state index contributed by atoms with van der Waals surface area (Å²) in [5.74, 6) is 0.391. The molecule has 5 nitrogen and oxygen atoms in total. The van der Waals surface area contributed by atoms with Crippen molar-refractivity contribution in [1.82, 2.24) is 10.2 Å². The van der Waals surface area contributed by atoms with Gasteiger partial charge < -0.3 is 11.1 Å². The molecule has 16 heavy (non-hydrogen) atoms. The van der Waals surface area contributed by atoms with E-state index in [-0.39, 0.29) is 5.91 Å². The number of nitrogens with zero attached hydrogens (tertiary/aromatic N) is 1. The molecule has 1 aromatic heterocycles. The van der Waals surface area contributed by atoms with Gasteiger partial charge in [-0.25, -0.2) is 0 Å². The Labute approximate surface area is 92.7 Å². The van der Waals surface area contributed by atoms with Crippen LogP contribution in [0.2, 0.25) is 0 Å². The van der Waals surface area contributed by atoms with E-state index >= 15 is 0 Å². The largest absolute Gasteiger partial charge is 0.326 e. The van der Waals surface area contributed by atoms with Crippen LogP contribution in [0, 0.1) is 0 Å². The number of carbonyl (C=O) groups is 1. The molecule has 82 valence electrons. The molecule has 0 aliphatic carbocycles. The van der Waals surface area contributed by atoms with E-state index in [2.05, 4.69) is 15.5 Å². The lowest BCUT2D eigenvalue weighted by Gasteiger charge is -2.03. The van der Waals surface area contributed by atoms with Crippen LogP contribution in [0.3, 0.4) is 0 Å². The highest BCUT2D eigenvalue weighted by Gasteiger charge is 2.06. The zero-order chi connectivity index (χ0) is 11.4. The molecule has 0 bridgehead atoms. The van der Waals surface area contributed by atoms with Crippen molar-refractivity contribution in [1.29, 1.82) is 0 Å². The van der Waals surface area contributed by atoms with Gasteiger partial charge in [-0.15, -0.1) is 0 Å². The van der Waals surface area contributed by atoms with Crippen molar-refractivity contribution >= 4 is 11.7 Å². The fourth-order valence-electron chi connectivity index (χ4n) is 1.36. The van der Waals surface area contributed by atoms with Gasteiger partial charge in [0.25, 0.3) is 5.91 Å². The third-order valence-corrected chi connectivity index (χ3v) is 2.17. The number of carbonyl (C=O) groups excluding carboxylic acids is 1. The first kappa shape index (κ1) is 10.4. The zero-order valence-electron chi connectivity index (χ0n) is 8.60. The number of anilines is 1. The van der Waals surface area contributed by atoms with Gasteiger partial charge >= 0.3 is 0 Å². The normalized spacial score (nSPS) is 10.1. The van der Waals surface area contributed by atoms with Crippen LogP contribution < -0.4 is 11.1 Å². The van der Waals surface area contributed by atoms with Crippen molar-refractivity contribution in [3.05, 3.63) is 47.7 Å². The van der Waals surface area contributed by atoms with Gasteiger partial charge in [-0.05, 0) is 17.7 Å². The van der Waals surface area contributed by atoms with Gasteiger partial charge in [0.2, 0.25) is 0 Å². The Kier molecular flexibility index (Phi) is 2.98. The zero-order valence-corrected chi connectivity index (χ0v) is 8.60. The van der Waals surface area contributed by atoms with E-state index in [0.717, 1.165) is 5.56 Å². The highest BCUT2D eigenvalue weighted by molar-refractivity contribution is 6.03. The highest BCUT2D eigenvalue weighted by atomic mass is 16.1. The second-order valence-corrected chi connectivity index (χ2v) is 3.33. The van der Waals surface area contributed by atoms with Crippen LogP contribution in [0.1, 0.15) is 15.9 Å². The third-order valence-electron chi connectivity index (χ3n) is 2.17. The number of amides is 1. The van der Waals surface area contributed by atoms with E-state index in [9.17, 15) is 4.79 Å². The van der Waals surface area contributed by atoms with Gasteiger partial charge in [0, 0.05) is 18.2 Å². The average molecular weight is 216 g/mol. The molecule has 0 saturated heterocycles. The molecule has 1 amide bonds. The van der Waals surface area contributed by atoms with Crippen LogP contribution in [-0.2, 0) is 6.54 Å². The van der Waals surface area contributed by atoms with Crippen molar-refractivity contribution in [2.75, 3.05) is 5.32 Å². The molecule has 0 aliphatic rings. The lowest BCUT2D eigenvalue weighted by atomic mass is 10.1. The number of H-pyrrole nitrogens is 1. The number of rotatable bonds is 3. The fraction of sp³-hybridized carbons (Fsp3) is 0.0909. The van der Waals surface area contributed by atoms with Gasteiger partial charge in [0.15, 0.2) is 0 Å². The maximum atomic E-state index is 11.8. The van der Waals surface area contributed by atoms with Gasteiger partial charge in [0.05, 0.1) is 6.20 Å². The summed E-state index contributed by atoms with van der Waals surface area (Å²) in [6.45, 7) is 0.422. The predicted molar refractivity (Wildman–Crippen MR) is 60.9 cm³/mol. The molecule has 0 unspecified atom stereocenters. The van der Waals surface area contributed by atoms with Gasteiger partial charge in [-0.3, -0.25) is 9.89 Å². The van der Waals surface area contributed by atoms with Crippen molar-refractivity contribution in [3.8, 4) is 0 Å². The first-order valence-electron chi connectivity index (χ1n) is 4.89. The predicted octanol–water partition coefficient (Wildman–Crippen LogP) is 1.12. The number of nitrogens with two attached hydrogens (primary N) is 1. The summed E-state index contributed by atoms with van der Waals surface area (Å²) in [6, 6.07) is 8.89. The Balaban J connectivity index is 2.14. The Hall–Kier alpha value is -2.14. The molecular weight excluding hydrogens is 204 g/mol. The van der Waals surface area contributed by atoms with Crippen LogP contribution in [-0.4, -0.2) is 16.1 Å². The number of benzene rings is 1. The van der Waals surface area contributed by atoms with E-state index in [1.165, 1.54) is 0 Å². The second kappa shape index (κ2) is 4.59. The molecule has 0 radical (unpaired) electrons. The molecule has 0 atom stereocenters. The Morgan fingerprint density at radius 1 is 1.44 bits per heavy atom. The molecular formula is C11H12N4O. The highest BCUT2D eigenvalue weighted by Crippen LogP contribution is 2.07. The van der Waals surface area contributed by atoms with E-state index in [4.69, 9.17) is 5.73 Å². The summed E-state index contributed by atoms with van der Waals surface area (Å²) in [7, 11) is 0. The topological polar surface area (TPSA) is 83.8 Å². The first-order chi connectivity index (χ1) is 7.79. The monoisotopic (exact) mass is 216 g/mol. The number of aromatic amines is 1. The van der Waals surface area contributed by atoms with Crippen molar-refractivity contribution in [2.24, 2.45) is 5.73 Å². The summed E-state index contributed by atoms with van der Waals surface area (Å²) in [5, 5.41) is 9.09. The lowest BCUT2D eigenvalue weighted by Crippen LogP contribution is -2.12. The molecule has 0 spiro atoms. The van der Waals surface area contributed by atoms with E-state index in [1.807, 2.05) is 12.1 Å². The Morgan fingerprint density at radius 3 is 3.00 bits per heavy atom. The summed E-state index contributed by atoms with van der Waals surface area (Å²) in [6.07, 6.45) is 1.58. The minimum Gasteiger partial charge on any atom is -0.326 e. The average Bonchev–Trinajstić information content (AvgIpc) is 2.82. The molecule has 2 rings (SSSR count). The molecule has 5 heteroatoms. The van der Waals surface area contributed by atoms with Crippen LogP contribution >= 0.6 is 0 Å². The number of aromatic nitrogens is 2. The van der Waals surface area contributed by atoms with Gasteiger partial charge in [-0.1, -0.05) is 12.1 Å². The number of hydrogen-bond acceptors (Lipinski definition) is 3. The number of hydrogen-bond donors (Lipinski definition) is 3. The van der Waals surface area contributed by atoms with Crippen molar-refractivity contribution in [3.63, 3.8) is 0 Å². The minimum absolute atomic E-state index is 0.181. The lowest BCUT2D eigenvalue weighted by molar-refractivity contribution is 0.102. The smallest absolute Gasteiger partial charge is 0.256 e. The van der Waals surface area contributed by atoms with E-state index in [1.54, 1.807) is 24.4 Å². The quantitative estimate of drug-likeness (QED) is 0.718. The molecule has 0 aliphatic heterocycles. The third kappa shape index (κ3) is 2.26. The SMILES string of the molecule is NCc1cccc(C(=O)Nc2ccn[nH]2)c1. The molecule has 0 fully saturated rings. The molecule has 1 aromatic carbocycles. The molecule has 0 saturated carbocycles.